The van der Waals surface area contributed by atoms with E-state index in [1.807, 2.05) is 18.2 Å². The van der Waals surface area contributed by atoms with Gasteiger partial charge in [-0.05, 0) is 6.07 Å². The number of benzene rings is 1. The van der Waals surface area contributed by atoms with Crippen LogP contribution in [-0.2, 0) is 27.4 Å². The van der Waals surface area contributed by atoms with Crippen LogP contribution in [0.1, 0.15) is 11.3 Å². The highest BCUT2D eigenvalue weighted by Gasteiger charge is 2.22. The van der Waals surface area contributed by atoms with Crippen molar-refractivity contribution < 1.29 is 23.4 Å². The van der Waals surface area contributed by atoms with Crippen molar-refractivity contribution in [2.75, 3.05) is 53.1 Å². The fourth-order valence-corrected chi connectivity index (χ4v) is 3.36. The molecule has 1 aliphatic rings. The highest BCUT2D eigenvalue weighted by atomic mass is 35.5. The molecule has 1 aliphatic heterocycles. The second-order valence-electron chi connectivity index (χ2n) is 7.16. The summed E-state index contributed by atoms with van der Waals surface area (Å²) in [5.74, 6) is 0.674. The molecule has 0 radical (unpaired) electrons. The number of ether oxygens (including phenoxy) is 3. The van der Waals surface area contributed by atoms with Gasteiger partial charge in [-0.2, -0.15) is 0 Å². The molecule has 1 fully saturated rings. The molecule has 1 aromatic carbocycles. The van der Waals surface area contributed by atoms with E-state index in [2.05, 4.69) is 4.90 Å². The van der Waals surface area contributed by atoms with Gasteiger partial charge in [-0.1, -0.05) is 29.8 Å². The van der Waals surface area contributed by atoms with E-state index in [4.69, 9.17) is 30.2 Å². The first-order valence-corrected chi connectivity index (χ1v) is 10.5. The predicted molar refractivity (Wildman–Crippen MR) is 115 cm³/mol. The van der Waals surface area contributed by atoms with Gasteiger partial charge in [-0.15, -0.1) is 0 Å². The van der Waals surface area contributed by atoms with Gasteiger partial charge < -0.3 is 23.5 Å². The average molecular weight is 451 g/mol. The van der Waals surface area contributed by atoms with E-state index in [-0.39, 0.29) is 30.3 Å². The summed E-state index contributed by atoms with van der Waals surface area (Å²) in [7, 11) is 1.59. The zero-order chi connectivity index (χ0) is 22.1. The summed E-state index contributed by atoms with van der Waals surface area (Å²) in [5, 5.41) is 0.586. The third-order valence-electron chi connectivity index (χ3n) is 4.96. The molecule has 1 saturated heterocycles. The maximum Gasteiger partial charge on any atom is 0.248 e. The van der Waals surface area contributed by atoms with Crippen LogP contribution in [0.4, 0.5) is 0 Å². The van der Waals surface area contributed by atoms with Crippen molar-refractivity contribution in [1.82, 2.24) is 9.80 Å². The van der Waals surface area contributed by atoms with Crippen molar-refractivity contribution in [2.45, 2.75) is 13.2 Å². The number of piperazine rings is 1. The first kappa shape index (κ1) is 23.3. The van der Waals surface area contributed by atoms with Gasteiger partial charge in [0, 0.05) is 49.9 Å². The van der Waals surface area contributed by atoms with Crippen LogP contribution in [0.25, 0.3) is 0 Å². The van der Waals surface area contributed by atoms with E-state index in [1.165, 1.54) is 12.3 Å². The molecule has 168 valence electrons. The second kappa shape index (κ2) is 11.9. The Morgan fingerprint density at radius 2 is 1.94 bits per heavy atom. The summed E-state index contributed by atoms with van der Waals surface area (Å²) in [5.41, 5.74) is 0.555. The summed E-state index contributed by atoms with van der Waals surface area (Å²) >= 11 is 6.11. The van der Waals surface area contributed by atoms with E-state index in [9.17, 15) is 9.59 Å². The average Bonchev–Trinajstić information content (AvgIpc) is 2.77. The second-order valence-corrected chi connectivity index (χ2v) is 7.56. The molecule has 31 heavy (non-hydrogen) atoms. The summed E-state index contributed by atoms with van der Waals surface area (Å²) in [6.07, 6.45) is 1.34. The van der Waals surface area contributed by atoms with Crippen LogP contribution >= 0.6 is 11.6 Å². The number of hydrogen-bond acceptors (Lipinski definition) is 7. The first-order valence-electron chi connectivity index (χ1n) is 10.1. The van der Waals surface area contributed by atoms with Gasteiger partial charge in [0.25, 0.3) is 0 Å². The number of amides is 1. The smallest absolute Gasteiger partial charge is 0.248 e. The lowest BCUT2D eigenvalue weighted by atomic mass is 10.2. The molecule has 0 N–H and O–H groups in total. The van der Waals surface area contributed by atoms with Gasteiger partial charge in [0.1, 0.15) is 25.2 Å². The minimum atomic E-state index is -0.240. The monoisotopic (exact) mass is 450 g/mol. The van der Waals surface area contributed by atoms with Gasteiger partial charge in [0.2, 0.25) is 17.1 Å². The van der Waals surface area contributed by atoms with Crippen LogP contribution in [0.5, 0.6) is 5.75 Å². The Morgan fingerprint density at radius 3 is 2.65 bits per heavy atom. The van der Waals surface area contributed by atoms with Crippen molar-refractivity contribution in [3.8, 4) is 5.75 Å². The van der Waals surface area contributed by atoms with Crippen LogP contribution in [-0.4, -0.2) is 68.8 Å². The predicted octanol–water partition coefficient (Wildman–Crippen LogP) is 2.18. The maximum atomic E-state index is 12.4. The fourth-order valence-electron chi connectivity index (χ4n) is 3.17. The van der Waals surface area contributed by atoms with E-state index in [0.717, 1.165) is 5.56 Å². The van der Waals surface area contributed by atoms with Gasteiger partial charge in [0.05, 0.1) is 19.8 Å². The zero-order valence-corrected chi connectivity index (χ0v) is 18.3. The molecular formula is C22H27ClN2O6. The molecule has 0 bridgehead atoms. The quantitative estimate of drug-likeness (QED) is 0.513. The number of carbonyl (C=O) groups excluding carboxylic acids is 1. The molecule has 0 spiro atoms. The van der Waals surface area contributed by atoms with E-state index >= 15 is 0 Å². The largest absolute Gasteiger partial charge is 0.482 e. The fraction of sp³-hybridized carbons (Fsp3) is 0.455. The van der Waals surface area contributed by atoms with Crippen molar-refractivity contribution in [3.63, 3.8) is 0 Å². The zero-order valence-electron chi connectivity index (χ0n) is 17.5. The number of methoxy groups -OCH3 is 1. The Hall–Kier alpha value is -2.39. The third kappa shape index (κ3) is 7.07. The Labute approximate surface area is 186 Å². The highest BCUT2D eigenvalue weighted by Crippen LogP contribution is 2.17. The van der Waals surface area contributed by atoms with Gasteiger partial charge in [-0.25, -0.2) is 0 Å². The molecule has 9 heteroatoms. The lowest BCUT2D eigenvalue weighted by Gasteiger charge is -2.34. The normalized spacial score (nSPS) is 14.6. The van der Waals surface area contributed by atoms with Crippen molar-refractivity contribution in [3.05, 3.63) is 63.2 Å². The van der Waals surface area contributed by atoms with Gasteiger partial charge in [-0.3, -0.25) is 14.5 Å². The minimum absolute atomic E-state index is 0.0256. The number of nitrogens with zero attached hydrogens (tertiary/aromatic N) is 2. The lowest BCUT2D eigenvalue weighted by molar-refractivity contribution is -0.138. The molecule has 2 aromatic rings. The van der Waals surface area contributed by atoms with Crippen LogP contribution in [0.15, 0.2) is 45.8 Å². The lowest BCUT2D eigenvalue weighted by Crippen LogP contribution is -2.49. The molecule has 0 unspecified atom stereocenters. The molecule has 0 atom stereocenters. The number of rotatable bonds is 10. The maximum absolute atomic E-state index is 12.4. The van der Waals surface area contributed by atoms with Gasteiger partial charge >= 0.3 is 0 Å². The Bertz CT molecular complexity index is 911. The summed E-state index contributed by atoms with van der Waals surface area (Å²) in [6.45, 7) is 4.21. The first-order chi connectivity index (χ1) is 15.1. The number of hydrogen-bond donors (Lipinski definition) is 0. The van der Waals surface area contributed by atoms with Crippen LogP contribution in [0, 0.1) is 0 Å². The van der Waals surface area contributed by atoms with Crippen molar-refractivity contribution in [1.29, 1.82) is 0 Å². The summed E-state index contributed by atoms with van der Waals surface area (Å²) < 4.78 is 21.4. The molecule has 0 aliphatic carbocycles. The Kier molecular flexibility index (Phi) is 8.90. The van der Waals surface area contributed by atoms with E-state index < -0.39 is 0 Å². The minimum Gasteiger partial charge on any atom is -0.482 e. The van der Waals surface area contributed by atoms with Gasteiger partial charge in [0.15, 0.2) is 0 Å². The molecular weight excluding hydrogens is 424 g/mol. The van der Waals surface area contributed by atoms with Crippen LogP contribution in [0.2, 0.25) is 5.02 Å². The van der Waals surface area contributed by atoms with E-state index in [1.54, 1.807) is 18.1 Å². The van der Waals surface area contributed by atoms with Crippen LogP contribution in [0.3, 0.4) is 0 Å². The number of carbonyl (C=O) groups is 1. The molecule has 1 amide bonds. The number of halogens is 1. The molecule has 8 nitrogen and oxygen atoms in total. The SMILES string of the molecule is COCCOCC(=O)N1CCN(Cc2cc(=O)c(OCc3ccccc3Cl)co2)CC1. The van der Waals surface area contributed by atoms with Crippen LogP contribution < -0.4 is 10.2 Å². The molecule has 3 rings (SSSR count). The summed E-state index contributed by atoms with van der Waals surface area (Å²) in [4.78, 5) is 28.4. The third-order valence-corrected chi connectivity index (χ3v) is 5.32. The highest BCUT2D eigenvalue weighted by molar-refractivity contribution is 6.31. The topological polar surface area (TPSA) is 81.5 Å². The Balaban J connectivity index is 1.45. The molecule has 0 saturated carbocycles. The molecule has 1 aromatic heterocycles. The van der Waals surface area contributed by atoms with Crippen molar-refractivity contribution >= 4 is 17.5 Å². The standard InChI is InChI=1S/C22H27ClN2O6/c1-28-10-11-29-16-22(27)25-8-6-24(7-9-25)13-18-12-20(26)21(15-30-18)31-14-17-4-2-3-5-19(17)23/h2-5,12,15H,6-11,13-14,16H2,1H3. The summed E-state index contributed by atoms with van der Waals surface area (Å²) in [6, 6.07) is 8.75. The molecule has 2 heterocycles. The van der Waals surface area contributed by atoms with E-state index in [0.29, 0.717) is 56.7 Å². The Morgan fingerprint density at radius 1 is 1.16 bits per heavy atom. The van der Waals surface area contributed by atoms with Crippen molar-refractivity contribution in [2.24, 2.45) is 0 Å².